The minimum Gasteiger partial charge on any atom is -0.481 e. The maximum Gasteiger partial charge on any atom is 0.313 e. The van der Waals surface area contributed by atoms with Crippen molar-refractivity contribution in [2.45, 2.75) is 53.4 Å². The lowest BCUT2D eigenvalue weighted by Gasteiger charge is -2.37. The second-order valence-electron chi connectivity index (χ2n) is 10.1. The fraction of sp³-hybridized carbons (Fsp3) is 0.600. The minimum absolute atomic E-state index is 0.246. The molecule has 2 aliphatic carbocycles. The molecule has 0 amide bonds. The van der Waals surface area contributed by atoms with Crippen LogP contribution in [0.5, 0.6) is 0 Å². The van der Waals surface area contributed by atoms with Crippen LogP contribution in [0.2, 0.25) is 0 Å². The van der Waals surface area contributed by atoms with Crippen molar-refractivity contribution in [3.05, 3.63) is 22.0 Å². The molecule has 16 heteroatoms. The van der Waals surface area contributed by atoms with Crippen molar-refractivity contribution in [3.63, 3.8) is 0 Å². The summed E-state index contributed by atoms with van der Waals surface area (Å²) in [5, 5.41) is 36.4. The quantitative estimate of drug-likeness (QED) is 0.253. The lowest BCUT2D eigenvalue weighted by Crippen LogP contribution is -2.42. The smallest absolute Gasteiger partial charge is 0.313 e. The van der Waals surface area contributed by atoms with E-state index in [1.54, 1.807) is 0 Å². The third-order valence-electron chi connectivity index (χ3n) is 6.28. The van der Waals surface area contributed by atoms with Gasteiger partial charge in [0.2, 0.25) is 0 Å². The third-order valence-corrected chi connectivity index (χ3v) is 8.12. The summed E-state index contributed by atoms with van der Waals surface area (Å²) in [6.07, 6.45) is 0.478. The highest BCUT2D eigenvalue weighted by Crippen LogP contribution is 2.47. The molecule has 0 fully saturated rings. The molecule has 14 nitrogen and oxygen atoms in total. The Labute approximate surface area is 206 Å². The normalized spacial score (nSPS) is 32.7. The van der Waals surface area contributed by atoms with E-state index in [2.05, 4.69) is 0 Å². The molecule has 36 heavy (non-hydrogen) atoms. The Morgan fingerprint density at radius 3 is 1.03 bits per heavy atom. The highest BCUT2D eigenvalue weighted by molar-refractivity contribution is 7.90. The third kappa shape index (κ3) is 6.68. The molecule has 4 atom stereocenters. The van der Waals surface area contributed by atoms with Crippen LogP contribution in [0, 0.1) is 21.7 Å². The monoisotopic (exact) mass is 556 g/mol. The Balaban J connectivity index is 0.000000360. The second-order valence-corrected chi connectivity index (χ2v) is 13.0. The average Bonchev–Trinajstić information content (AvgIpc) is 2.65. The summed E-state index contributed by atoms with van der Waals surface area (Å²) in [5.74, 6) is -5.28. The molecule has 0 bridgehead atoms. The maximum absolute atomic E-state index is 11.2. The van der Waals surface area contributed by atoms with Gasteiger partial charge in [-0.3, -0.25) is 28.3 Å². The van der Waals surface area contributed by atoms with E-state index in [0.717, 1.165) is 12.2 Å². The Bertz CT molecular complexity index is 1160. The molecule has 2 aliphatic rings. The van der Waals surface area contributed by atoms with Gasteiger partial charge >= 0.3 is 23.9 Å². The minimum atomic E-state index is -4.60. The summed E-state index contributed by atoms with van der Waals surface area (Å²) in [6, 6.07) is 0. The molecule has 4 unspecified atom stereocenters. The number of carbonyl (C=O) groups is 4. The van der Waals surface area contributed by atoms with E-state index >= 15 is 0 Å². The zero-order chi connectivity index (χ0) is 28.7. The summed E-state index contributed by atoms with van der Waals surface area (Å²) in [5.41, 5.74) is -6.38. The van der Waals surface area contributed by atoms with Crippen molar-refractivity contribution in [1.29, 1.82) is 0 Å². The Morgan fingerprint density at radius 2 is 0.861 bits per heavy atom. The SMILES string of the molecule is CC1(C(=O)O)C=C(S(=O)(=O)O)CC(C)(C(=O)O)C1.CC1(C(=O)O)C=C(S(=O)(=O)O)CC(C)(C(=O)O)C1. The van der Waals surface area contributed by atoms with Crippen LogP contribution in [-0.4, -0.2) is 70.2 Å². The van der Waals surface area contributed by atoms with E-state index in [-0.39, 0.29) is 12.8 Å². The van der Waals surface area contributed by atoms with Crippen LogP contribution >= 0.6 is 0 Å². The molecule has 0 saturated heterocycles. The van der Waals surface area contributed by atoms with Crippen molar-refractivity contribution in [1.82, 2.24) is 0 Å². The van der Waals surface area contributed by atoms with Crippen molar-refractivity contribution in [2.75, 3.05) is 0 Å². The molecule has 0 spiro atoms. The molecular weight excluding hydrogens is 528 g/mol. The first-order chi connectivity index (χ1) is 15.8. The molecule has 0 aromatic carbocycles. The van der Waals surface area contributed by atoms with Gasteiger partial charge in [-0.1, -0.05) is 12.2 Å². The molecule has 0 saturated carbocycles. The maximum atomic E-state index is 11.2. The highest BCUT2D eigenvalue weighted by Gasteiger charge is 2.51. The Kier molecular flexibility index (Phi) is 8.30. The van der Waals surface area contributed by atoms with E-state index in [1.807, 2.05) is 0 Å². The zero-order valence-electron chi connectivity index (χ0n) is 19.7. The largest absolute Gasteiger partial charge is 0.481 e. The van der Waals surface area contributed by atoms with E-state index in [1.165, 1.54) is 27.7 Å². The number of allylic oxidation sites excluding steroid dienone is 2. The molecule has 0 aromatic rings. The van der Waals surface area contributed by atoms with Crippen LogP contribution in [0.25, 0.3) is 0 Å². The van der Waals surface area contributed by atoms with Gasteiger partial charge in [0.05, 0.1) is 31.5 Å². The van der Waals surface area contributed by atoms with Gasteiger partial charge in [0.25, 0.3) is 20.2 Å². The molecule has 0 aliphatic heterocycles. The zero-order valence-corrected chi connectivity index (χ0v) is 21.4. The number of carboxylic acids is 4. The molecule has 6 N–H and O–H groups in total. The van der Waals surface area contributed by atoms with E-state index in [4.69, 9.17) is 29.5 Å². The number of rotatable bonds is 6. The lowest BCUT2D eigenvalue weighted by molar-refractivity contribution is -0.156. The fourth-order valence-corrected chi connectivity index (χ4v) is 6.16. The number of carboxylic acid groups (broad SMARTS) is 4. The molecule has 0 aromatic heterocycles. The topological polar surface area (TPSA) is 258 Å². The van der Waals surface area contributed by atoms with E-state index < -0.39 is 88.4 Å². The van der Waals surface area contributed by atoms with Crippen LogP contribution in [0.3, 0.4) is 0 Å². The van der Waals surface area contributed by atoms with Crippen LogP contribution in [0.4, 0.5) is 0 Å². The summed E-state index contributed by atoms with van der Waals surface area (Å²) in [6.45, 7) is 4.96. The summed E-state index contributed by atoms with van der Waals surface area (Å²) < 4.78 is 62.4. The molecule has 2 rings (SSSR count). The fourth-order valence-electron chi connectivity index (χ4n) is 4.34. The van der Waals surface area contributed by atoms with Crippen molar-refractivity contribution >= 4 is 44.1 Å². The van der Waals surface area contributed by atoms with Crippen molar-refractivity contribution in [2.24, 2.45) is 21.7 Å². The standard InChI is InChI=1S/2C10H14O7S/c2*1-9(7(11)12)3-6(18(15,16)17)4-10(2,5-9)8(13)14/h2*3H,4-5H2,1-2H3,(H,11,12)(H,13,14)(H,15,16,17). The first-order valence-electron chi connectivity index (χ1n) is 10.1. The van der Waals surface area contributed by atoms with Gasteiger partial charge in [-0.05, 0) is 40.5 Å². The number of hydrogen-bond acceptors (Lipinski definition) is 8. The molecule has 204 valence electrons. The van der Waals surface area contributed by atoms with Crippen LogP contribution in [0.1, 0.15) is 53.4 Å². The van der Waals surface area contributed by atoms with Crippen LogP contribution < -0.4 is 0 Å². The average molecular weight is 557 g/mol. The molecule has 0 heterocycles. The van der Waals surface area contributed by atoms with E-state index in [0.29, 0.717) is 0 Å². The predicted molar refractivity (Wildman–Crippen MR) is 121 cm³/mol. The van der Waals surface area contributed by atoms with Gasteiger partial charge in [-0.15, -0.1) is 0 Å². The van der Waals surface area contributed by atoms with Gasteiger partial charge in [-0.25, -0.2) is 0 Å². The molecule has 0 radical (unpaired) electrons. The van der Waals surface area contributed by atoms with Gasteiger partial charge in [-0.2, -0.15) is 16.8 Å². The second kappa shape index (κ2) is 9.57. The van der Waals surface area contributed by atoms with Crippen LogP contribution in [-0.2, 0) is 39.4 Å². The first kappa shape index (κ1) is 31.2. The summed E-state index contributed by atoms with van der Waals surface area (Å²) >= 11 is 0. The number of hydrogen-bond donors (Lipinski definition) is 6. The Morgan fingerprint density at radius 1 is 0.611 bits per heavy atom. The van der Waals surface area contributed by atoms with Gasteiger partial charge in [0.15, 0.2) is 0 Å². The predicted octanol–water partition coefficient (Wildman–Crippen LogP) is 1.47. The highest BCUT2D eigenvalue weighted by atomic mass is 32.2. The van der Waals surface area contributed by atoms with Gasteiger partial charge < -0.3 is 20.4 Å². The first-order valence-corrected chi connectivity index (χ1v) is 13.0. The van der Waals surface area contributed by atoms with Crippen molar-refractivity contribution < 1.29 is 65.5 Å². The van der Waals surface area contributed by atoms with E-state index in [9.17, 15) is 36.0 Å². The van der Waals surface area contributed by atoms with Gasteiger partial charge in [0, 0.05) is 12.8 Å². The Hall–Kier alpha value is -2.82. The van der Waals surface area contributed by atoms with Crippen LogP contribution in [0.15, 0.2) is 22.0 Å². The number of aliphatic carboxylic acids is 4. The van der Waals surface area contributed by atoms with Crippen molar-refractivity contribution in [3.8, 4) is 0 Å². The summed E-state index contributed by atoms with van der Waals surface area (Å²) in [7, 11) is -9.20. The summed E-state index contributed by atoms with van der Waals surface area (Å²) in [4.78, 5) is 43.5. The van der Waals surface area contributed by atoms with Gasteiger partial charge in [0.1, 0.15) is 0 Å². The molecular formula is C20H28O14S2. The lowest BCUT2D eigenvalue weighted by atomic mass is 9.67.